The summed E-state index contributed by atoms with van der Waals surface area (Å²) in [6.07, 6.45) is 3.16. The number of carbonyl (C=O) groups is 1. The van der Waals surface area contributed by atoms with Crippen LogP contribution in [0, 0.1) is 0 Å². The molecule has 1 amide bonds. The number of hydrogen-bond donors (Lipinski definition) is 1. The van der Waals surface area contributed by atoms with E-state index >= 15 is 0 Å². The maximum atomic E-state index is 12.6. The van der Waals surface area contributed by atoms with E-state index in [1.54, 1.807) is 4.90 Å². The zero-order chi connectivity index (χ0) is 15.7. The Morgan fingerprint density at radius 1 is 1.23 bits per heavy atom. The van der Waals surface area contributed by atoms with Gasteiger partial charge in [0.05, 0.1) is 5.25 Å². The first kappa shape index (κ1) is 15.1. The second-order valence-corrected chi connectivity index (χ2v) is 8.27. The van der Waals surface area contributed by atoms with E-state index in [2.05, 4.69) is 4.98 Å². The summed E-state index contributed by atoms with van der Waals surface area (Å²) >= 11 is 0. The molecule has 1 atom stereocenters. The van der Waals surface area contributed by atoms with E-state index in [1.807, 2.05) is 30.3 Å². The number of rotatable bonds is 2. The third-order valence-corrected chi connectivity index (χ3v) is 6.01. The average Bonchev–Trinajstić information content (AvgIpc) is 2.73. The van der Waals surface area contributed by atoms with Crippen LogP contribution in [-0.2, 0) is 9.84 Å². The molecule has 3 rings (SSSR count). The van der Waals surface area contributed by atoms with Crippen LogP contribution in [0.3, 0.4) is 0 Å². The number of H-pyrrole nitrogens is 1. The predicted octanol–water partition coefficient (Wildman–Crippen LogP) is 2.21. The number of fused-ring (bicyclic) bond motifs is 1. The van der Waals surface area contributed by atoms with Crippen molar-refractivity contribution in [3.63, 3.8) is 0 Å². The SMILES string of the molecule is CS(=O)(=O)C1CCCN(C(=O)c2cc3ccccc3[nH]2)CC1. The molecule has 1 fully saturated rings. The van der Waals surface area contributed by atoms with E-state index in [9.17, 15) is 13.2 Å². The van der Waals surface area contributed by atoms with Crippen molar-refractivity contribution in [2.24, 2.45) is 0 Å². The van der Waals surface area contributed by atoms with Crippen molar-refractivity contribution >= 4 is 26.6 Å². The van der Waals surface area contributed by atoms with Crippen molar-refractivity contribution < 1.29 is 13.2 Å². The Balaban J connectivity index is 1.77. The van der Waals surface area contributed by atoms with Gasteiger partial charge in [-0.2, -0.15) is 0 Å². The Hall–Kier alpha value is -1.82. The molecule has 2 heterocycles. The smallest absolute Gasteiger partial charge is 0.270 e. The maximum absolute atomic E-state index is 12.6. The fraction of sp³-hybridized carbons (Fsp3) is 0.438. The van der Waals surface area contributed by atoms with Gasteiger partial charge in [0.25, 0.3) is 5.91 Å². The van der Waals surface area contributed by atoms with Gasteiger partial charge in [-0.05, 0) is 31.4 Å². The molecule has 22 heavy (non-hydrogen) atoms. The number of aromatic amines is 1. The minimum absolute atomic E-state index is 0.0506. The molecule has 0 bridgehead atoms. The topological polar surface area (TPSA) is 70.2 Å². The standard InChI is InChI=1S/C16H20N2O3S/c1-22(20,21)13-6-4-9-18(10-8-13)16(19)15-11-12-5-2-3-7-14(12)17-15/h2-3,5,7,11,13,17H,4,6,8-10H2,1H3. The number of aromatic nitrogens is 1. The molecule has 0 aliphatic carbocycles. The van der Waals surface area contributed by atoms with E-state index in [4.69, 9.17) is 0 Å². The van der Waals surface area contributed by atoms with Crippen LogP contribution in [0.4, 0.5) is 0 Å². The quantitative estimate of drug-likeness (QED) is 0.922. The molecule has 6 heteroatoms. The van der Waals surface area contributed by atoms with Crippen LogP contribution in [0.15, 0.2) is 30.3 Å². The summed E-state index contributed by atoms with van der Waals surface area (Å²) in [5.41, 5.74) is 1.51. The molecular formula is C16H20N2O3S. The first-order valence-corrected chi connectivity index (χ1v) is 9.46. The minimum Gasteiger partial charge on any atom is -0.351 e. The molecule has 1 aromatic carbocycles. The van der Waals surface area contributed by atoms with Gasteiger partial charge in [-0.25, -0.2) is 8.42 Å². The highest BCUT2D eigenvalue weighted by molar-refractivity contribution is 7.91. The highest BCUT2D eigenvalue weighted by atomic mass is 32.2. The number of sulfone groups is 1. The predicted molar refractivity (Wildman–Crippen MR) is 86.7 cm³/mol. The third kappa shape index (κ3) is 3.02. The molecule has 1 unspecified atom stereocenters. The fourth-order valence-corrected chi connectivity index (χ4v) is 4.18. The number of likely N-dealkylation sites (tertiary alicyclic amines) is 1. The fourth-order valence-electron chi connectivity index (χ4n) is 3.06. The zero-order valence-electron chi connectivity index (χ0n) is 12.6. The number of carbonyl (C=O) groups excluding carboxylic acids is 1. The van der Waals surface area contributed by atoms with E-state index in [0.717, 1.165) is 17.3 Å². The normalized spacial score (nSPS) is 20.0. The van der Waals surface area contributed by atoms with Gasteiger partial charge in [-0.3, -0.25) is 4.79 Å². The first-order valence-electron chi connectivity index (χ1n) is 7.51. The summed E-state index contributed by atoms with van der Waals surface area (Å²) in [4.78, 5) is 17.5. The third-order valence-electron chi connectivity index (χ3n) is 4.33. The number of benzene rings is 1. The summed E-state index contributed by atoms with van der Waals surface area (Å²) in [7, 11) is -3.03. The van der Waals surface area contributed by atoms with Crippen LogP contribution in [0.25, 0.3) is 10.9 Å². The molecule has 118 valence electrons. The van der Waals surface area contributed by atoms with Crippen molar-refractivity contribution in [2.45, 2.75) is 24.5 Å². The Kier molecular flexibility index (Phi) is 3.95. The van der Waals surface area contributed by atoms with Gasteiger partial charge in [0, 0.05) is 30.2 Å². The second-order valence-electron chi connectivity index (χ2n) is 5.94. The number of amides is 1. The molecule has 1 aliphatic heterocycles. The van der Waals surface area contributed by atoms with Crippen LogP contribution in [0.5, 0.6) is 0 Å². The van der Waals surface area contributed by atoms with Crippen LogP contribution < -0.4 is 0 Å². The summed E-state index contributed by atoms with van der Waals surface area (Å²) in [5, 5.41) is 0.683. The molecule has 0 radical (unpaired) electrons. The summed E-state index contributed by atoms with van der Waals surface area (Å²) in [6, 6.07) is 9.62. The van der Waals surface area contributed by atoms with Gasteiger partial charge in [0.2, 0.25) is 0 Å². The lowest BCUT2D eigenvalue weighted by Gasteiger charge is -2.19. The van der Waals surface area contributed by atoms with E-state index in [0.29, 0.717) is 31.6 Å². The van der Waals surface area contributed by atoms with Gasteiger partial charge in [-0.15, -0.1) is 0 Å². The lowest BCUT2D eigenvalue weighted by molar-refractivity contribution is 0.0757. The van der Waals surface area contributed by atoms with Gasteiger partial charge in [0.1, 0.15) is 15.5 Å². The Morgan fingerprint density at radius 3 is 2.73 bits per heavy atom. The van der Waals surface area contributed by atoms with Crippen molar-refractivity contribution in [1.29, 1.82) is 0 Å². The molecule has 0 saturated carbocycles. The lowest BCUT2D eigenvalue weighted by Crippen LogP contribution is -2.32. The summed E-state index contributed by atoms with van der Waals surface area (Å²) in [5.74, 6) is -0.0506. The largest absolute Gasteiger partial charge is 0.351 e. The van der Waals surface area contributed by atoms with Gasteiger partial charge in [-0.1, -0.05) is 18.2 Å². The molecule has 1 N–H and O–H groups in total. The van der Waals surface area contributed by atoms with Crippen molar-refractivity contribution in [3.05, 3.63) is 36.0 Å². The van der Waals surface area contributed by atoms with Crippen LogP contribution >= 0.6 is 0 Å². The molecule has 1 aromatic heterocycles. The van der Waals surface area contributed by atoms with Crippen molar-refractivity contribution in [2.75, 3.05) is 19.3 Å². The summed E-state index contributed by atoms with van der Waals surface area (Å²) in [6.45, 7) is 1.10. The minimum atomic E-state index is -3.03. The lowest BCUT2D eigenvalue weighted by atomic mass is 10.2. The van der Waals surface area contributed by atoms with Gasteiger partial charge < -0.3 is 9.88 Å². The zero-order valence-corrected chi connectivity index (χ0v) is 13.4. The Morgan fingerprint density at radius 2 is 2.00 bits per heavy atom. The van der Waals surface area contributed by atoms with E-state index in [-0.39, 0.29) is 11.2 Å². The monoisotopic (exact) mass is 320 g/mol. The average molecular weight is 320 g/mol. The number of nitrogens with one attached hydrogen (secondary N) is 1. The number of nitrogens with zero attached hydrogens (tertiary/aromatic N) is 1. The molecule has 1 saturated heterocycles. The van der Waals surface area contributed by atoms with E-state index in [1.165, 1.54) is 6.26 Å². The molecular weight excluding hydrogens is 300 g/mol. The molecule has 2 aromatic rings. The van der Waals surface area contributed by atoms with Crippen molar-refractivity contribution in [1.82, 2.24) is 9.88 Å². The van der Waals surface area contributed by atoms with E-state index < -0.39 is 9.84 Å². The van der Waals surface area contributed by atoms with Crippen molar-refractivity contribution in [3.8, 4) is 0 Å². The highest BCUT2D eigenvalue weighted by Gasteiger charge is 2.27. The Labute approximate surface area is 130 Å². The van der Waals surface area contributed by atoms with Gasteiger partial charge >= 0.3 is 0 Å². The number of hydrogen-bond acceptors (Lipinski definition) is 3. The molecule has 0 spiro atoms. The Bertz CT molecular complexity index is 762. The number of para-hydroxylation sites is 1. The van der Waals surface area contributed by atoms with Gasteiger partial charge in [0.15, 0.2) is 0 Å². The summed E-state index contributed by atoms with van der Waals surface area (Å²) < 4.78 is 23.4. The van der Waals surface area contributed by atoms with Crippen LogP contribution in [0.2, 0.25) is 0 Å². The highest BCUT2D eigenvalue weighted by Crippen LogP contribution is 2.20. The molecule has 1 aliphatic rings. The maximum Gasteiger partial charge on any atom is 0.270 e. The second kappa shape index (κ2) is 5.76. The molecule has 5 nitrogen and oxygen atoms in total. The van der Waals surface area contributed by atoms with Crippen LogP contribution in [-0.4, -0.2) is 48.8 Å². The first-order chi connectivity index (χ1) is 10.4. The van der Waals surface area contributed by atoms with Crippen LogP contribution in [0.1, 0.15) is 29.8 Å².